The maximum Gasteiger partial charge on any atom is 0.250 e. The van der Waals surface area contributed by atoms with E-state index in [1.807, 2.05) is 18.2 Å². The molecule has 1 aromatic carbocycles. The Morgan fingerprint density at radius 3 is 2.83 bits per heavy atom. The van der Waals surface area contributed by atoms with Gasteiger partial charge >= 0.3 is 0 Å². The molecule has 0 atom stereocenters. The highest BCUT2D eigenvalue weighted by atomic mass is 16.2. The molecule has 1 aliphatic heterocycles. The molecule has 2 rings (SSSR count). The topological polar surface area (TPSA) is 20.3 Å². The lowest BCUT2D eigenvalue weighted by atomic mass is 10.1. The molecule has 0 saturated carbocycles. The van der Waals surface area contributed by atoms with Crippen LogP contribution in [0.1, 0.15) is 11.1 Å². The Kier molecular flexibility index (Phi) is 3.47. The summed E-state index contributed by atoms with van der Waals surface area (Å²) >= 11 is 0. The lowest BCUT2D eigenvalue weighted by molar-refractivity contribution is -0.114. The first-order chi connectivity index (χ1) is 8.65. The molecule has 1 aliphatic rings. The zero-order chi connectivity index (χ0) is 13.1. The summed E-state index contributed by atoms with van der Waals surface area (Å²) < 4.78 is 0. The van der Waals surface area contributed by atoms with Crippen LogP contribution in [0.4, 0.5) is 5.69 Å². The van der Waals surface area contributed by atoms with Gasteiger partial charge in [-0.3, -0.25) is 4.79 Å². The fourth-order valence-electron chi connectivity index (χ4n) is 2.17. The predicted octanol–water partition coefficient (Wildman–Crippen LogP) is 3.18. The number of carbonyl (C=O) groups is 1. The average molecular weight is 239 g/mol. The third-order valence-corrected chi connectivity index (χ3v) is 3.15. The Hall–Kier alpha value is -2.09. The smallest absolute Gasteiger partial charge is 0.250 e. The summed E-state index contributed by atoms with van der Waals surface area (Å²) in [5.41, 5.74) is 4.41. The largest absolute Gasteiger partial charge is 0.304 e. The summed E-state index contributed by atoms with van der Waals surface area (Å²) in [7, 11) is 0. The Balaban J connectivity index is 2.52. The predicted molar refractivity (Wildman–Crippen MR) is 75.7 cm³/mol. The molecule has 0 aromatic heterocycles. The van der Waals surface area contributed by atoms with E-state index < -0.39 is 0 Å². The zero-order valence-corrected chi connectivity index (χ0v) is 10.6. The summed E-state index contributed by atoms with van der Waals surface area (Å²) in [4.78, 5) is 13.7. The van der Waals surface area contributed by atoms with E-state index in [4.69, 9.17) is 0 Å². The van der Waals surface area contributed by atoms with E-state index in [9.17, 15) is 4.79 Å². The number of carbonyl (C=O) groups excluding carboxylic acids is 1. The quantitative estimate of drug-likeness (QED) is 0.726. The molecule has 0 unspecified atom stereocenters. The van der Waals surface area contributed by atoms with Gasteiger partial charge in [-0.1, -0.05) is 43.0 Å². The van der Waals surface area contributed by atoms with Crippen LogP contribution in [-0.2, 0) is 11.2 Å². The molecule has 1 heterocycles. The lowest BCUT2D eigenvalue weighted by Crippen LogP contribution is -2.30. The number of fused-ring (bicyclic) bond motifs is 1. The molecular formula is C16H17NO. The van der Waals surface area contributed by atoms with Crippen LogP contribution in [-0.4, -0.2) is 12.5 Å². The van der Waals surface area contributed by atoms with Gasteiger partial charge in [0.05, 0.1) is 6.54 Å². The number of allylic oxidation sites excluding steroid dienone is 1. The third kappa shape index (κ3) is 2.28. The van der Waals surface area contributed by atoms with Gasteiger partial charge in [-0.25, -0.2) is 0 Å². The minimum absolute atomic E-state index is 0.0743. The van der Waals surface area contributed by atoms with Gasteiger partial charge in [-0.15, -0.1) is 0 Å². The number of aryl methyl sites for hydroxylation is 1. The molecule has 1 amide bonds. The Labute approximate surface area is 108 Å². The van der Waals surface area contributed by atoms with E-state index in [2.05, 4.69) is 32.2 Å². The third-order valence-electron chi connectivity index (χ3n) is 3.15. The molecule has 2 nitrogen and oxygen atoms in total. The van der Waals surface area contributed by atoms with Crippen molar-refractivity contribution in [1.29, 1.82) is 0 Å². The van der Waals surface area contributed by atoms with E-state index in [1.165, 1.54) is 17.2 Å². The monoisotopic (exact) mass is 239 g/mol. The van der Waals surface area contributed by atoms with E-state index in [-0.39, 0.29) is 5.91 Å². The van der Waals surface area contributed by atoms with Gasteiger partial charge in [0.2, 0.25) is 0 Å². The van der Waals surface area contributed by atoms with E-state index in [0.29, 0.717) is 6.54 Å². The van der Waals surface area contributed by atoms with Gasteiger partial charge in [-0.05, 0) is 36.6 Å². The minimum Gasteiger partial charge on any atom is -0.304 e. The fraction of sp³-hybridized carbons (Fsp3) is 0.188. The van der Waals surface area contributed by atoms with Crippen molar-refractivity contribution in [2.24, 2.45) is 0 Å². The summed E-state index contributed by atoms with van der Waals surface area (Å²) in [5.74, 6) is -0.0743. The van der Waals surface area contributed by atoms with Crippen LogP contribution in [0, 0.1) is 6.92 Å². The van der Waals surface area contributed by atoms with Gasteiger partial charge in [0.25, 0.3) is 5.91 Å². The standard InChI is InChI=1S/C16H17NO/c1-4-13-7-8-14-10-12(3)6-9-15(14)17(11-13)16(18)5-2/h4-7,9-10H,1-2,8,11H2,3H3. The molecule has 0 aliphatic carbocycles. The number of nitrogens with zero attached hydrogens (tertiary/aromatic N) is 1. The maximum absolute atomic E-state index is 12.0. The summed E-state index contributed by atoms with van der Waals surface area (Å²) in [5, 5.41) is 0. The molecule has 0 fully saturated rings. The molecule has 18 heavy (non-hydrogen) atoms. The first-order valence-corrected chi connectivity index (χ1v) is 6.00. The number of amides is 1. The van der Waals surface area contributed by atoms with Crippen LogP contribution in [0.3, 0.4) is 0 Å². The first-order valence-electron chi connectivity index (χ1n) is 6.00. The maximum atomic E-state index is 12.0. The second kappa shape index (κ2) is 5.05. The van der Waals surface area contributed by atoms with Gasteiger partial charge in [0.1, 0.15) is 0 Å². The van der Waals surface area contributed by atoms with Crippen molar-refractivity contribution in [3.63, 3.8) is 0 Å². The normalized spacial score (nSPS) is 14.3. The molecule has 2 heteroatoms. The van der Waals surface area contributed by atoms with Gasteiger partial charge in [-0.2, -0.15) is 0 Å². The van der Waals surface area contributed by atoms with Crippen molar-refractivity contribution >= 4 is 11.6 Å². The van der Waals surface area contributed by atoms with Crippen molar-refractivity contribution in [2.75, 3.05) is 11.4 Å². The molecule has 0 radical (unpaired) electrons. The van der Waals surface area contributed by atoms with Gasteiger partial charge in [0, 0.05) is 5.69 Å². The first kappa shape index (κ1) is 12.4. The van der Waals surface area contributed by atoms with Crippen LogP contribution < -0.4 is 4.90 Å². The summed E-state index contributed by atoms with van der Waals surface area (Å²) in [6, 6.07) is 6.16. The second-order valence-corrected chi connectivity index (χ2v) is 4.45. The van der Waals surface area contributed by atoms with Crippen LogP contribution >= 0.6 is 0 Å². The van der Waals surface area contributed by atoms with Crippen molar-refractivity contribution in [3.8, 4) is 0 Å². The molecule has 0 N–H and O–H groups in total. The number of anilines is 1. The van der Waals surface area contributed by atoms with Crippen molar-refractivity contribution in [2.45, 2.75) is 13.3 Å². The van der Waals surface area contributed by atoms with Crippen molar-refractivity contribution in [3.05, 3.63) is 66.3 Å². The molecule has 0 spiro atoms. The number of benzene rings is 1. The number of hydrogen-bond acceptors (Lipinski definition) is 1. The number of rotatable bonds is 2. The van der Waals surface area contributed by atoms with Crippen LogP contribution in [0.5, 0.6) is 0 Å². The Bertz CT molecular complexity index is 540. The van der Waals surface area contributed by atoms with Crippen LogP contribution in [0.15, 0.2) is 55.2 Å². The zero-order valence-electron chi connectivity index (χ0n) is 10.6. The minimum atomic E-state index is -0.0743. The van der Waals surface area contributed by atoms with Gasteiger partial charge in [0.15, 0.2) is 0 Å². The van der Waals surface area contributed by atoms with Crippen LogP contribution in [0.25, 0.3) is 0 Å². The highest BCUT2D eigenvalue weighted by molar-refractivity contribution is 6.02. The fourth-order valence-corrected chi connectivity index (χ4v) is 2.17. The SMILES string of the molecule is C=CC(=O)N1CC(C=C)=CCc2cc(C)ccc21. The van der Waals surface area contributed by atoms with E-state index in [0.717, 1.165) is 17.7 Å². The molecule has 1 aromatic rings. The van der Waals surface area contributed by atoms with Crippen LogP contribution in [0.2, 0.25) is 0 Å². The molecule has 0 bridgehead atoms. The van der Waals surface area contributed by atoms with E-state index >= 15 is 0 Å². The second-order valence-electron chi connectivity index (χ2n) is 4.45. The van der Waals surface area contributed by atoms with Crippen molar-refractivity contribution in [1.82, 2.24) is 0 Å². The Morgan fingerprint density at radius 1 is 1.39 bits per heavy atom. The van der Waals surface area contributed by atoms with Crippen molar-refractivity contribution < 1.29 is 4.79 Å². The summed E-state index contributed by atoms with van der Waals surface area (Å²) in [6.07, 6.45) is 6.12. The summed E-state index contributed by atoms with van der Waals surface area (Å²) in [6.45, 7) is 9.98. The Morgan fingerprint density at radius 2 is 2.17 bits per heavy atom. The van der Waals surface area contributed by atoms with E-state index in [1.54, 1.807) is 4.90 Å². The highest BCUT2D eigenvalue weighted by Crippen LogP contribution is 2.27. The average Bonchev–Trinajstić information content (AvgIpc) is 2.56. The van der Waals surface area contributed by atoms with Gasteiger partial charge < -0.3 is 4.90 Å². The lowest BCUT2D eigenvalue weighted by Gasteiger charge is -2.22. The molecule has 92 valence electrons. The highest BCUT2D eigenvalue weighted by Gasteiger charge is 2.19. The molecular weight excluding hydrogens is 222 g/mol. The number of hydrogen-bond donors (Lipinski definition) is 0. The molecule has 0 saturated heterocycles.